The largest absolute Gasteiger partial charge is 0.472 e. The predicted molar refractivity (Wildman–Crippen MR) is 90.0 cm³/mol. The number of rotatable bonds is 5. The lowest BCUT2D eigenvalue weighted by Gasteiger charge is -2.27. The summed E-state index contributed by atoms with van der Waals surface area (Å²) >= 11 is 1.49. The first-order chi connectivity index (χ1) is 11.7. The number of nitrogens with zero attached hydrogens (tertiary/aromatic N) is 4. The van der Waals surface area contributed by atoms with Gasteiger partial charge in [0.1, 0.15) is 17.7 Å². The van der Waals surface area contributed by atoms with E-state index in [9.17, 15) is 5.11 Å². The summed E-state index contributed by atoms with van der Waals surface area (Å²) in [6.45, 7) is 2.15. The molecule has 122 valence electrons. The monoisotopic (exact) mass is 341 g/mol. The molecule has 7 nitrogen and oxygen atoms in total. The quantitative estimate of drug-likeness (QED) is 0.580. The summed E-state index contributed by atoms with van der Waals surface area (Å²) in [6, 6.07) is 7.45. The van der Waals surface area contributed by atoms with Crippen molar-refractivity contribution in [1.29, 1.82) is 0 Å². The van der Waals surface area contributed by atoms with E-state index >= 15 is 0 Å². The normalized spacial score (nSPS) is 13.9. The van der Waals surface area contributed by atoms with Crippen molar-refractivity contribution in [2.24, 2.45) is 0 Å². The second-order valence-electron chi connectivity index (χ2n) is 5.46. The highest BCUT2D eigenvalue weighted by Crippen LogP contribution is 2.33. The number of nitrogens with one attached hydrogen (secondary N) is 1. The molecule has 2 N–H and O–H groups in total. The molecule has 0 fully saturated rings. The van der Waals surface area contributed by atoms with E-state index in [2.05, 4.69) is 20.4 Å². The van der Waals surface area contributed by atoms with Gasteiger partial charge in [-0.1, -0.05) is 6.07 Å². The van der Waals surface area contributed by atoms with Crippen molar-refractivity contribution in [3.63, 3.8) is 0 Å². The van der Waals surface area contributed by atoms with Gasteiger partial charge in [-0.25, -0.2) is 4.98 Å². The molecule has 24 heavy (non-hydrogen) atoms. The molecule has 0 aliphatic rings. The minimum atomic E-state index is -1.20. The zero-order valence-corrected chi connectivity index (χ0v) is 13.7. The van der Waals surface area contributed by atoms with Crippen LogP contribution in [0.25, 0.3) is 5.78 Å². The topological polar surface area (TPSA) is 88.5 Å². The Balaban J connectivity index is 1.70. The molecule has 4 heterocycles. The summed E-state index contributed by atoms with van der Waals surface area (Å²) in [7, 11) is 0. The van der Waals surface area contributed by atoms with Crippen LogP contribution < -0.4 is 5.32 Å². The van der Waals surface area contributed by atoms with Gasteiger partial charge in [0, 0.05) is 22.2 Å². The van der Waals surface area contributed by atoms with Crippen LogP contribution in [0.3, 0.4) is 0 Å². The maximum atomic E-state index is 11.3. The van der Waals surface area contributed by atoms with E-state index in [0.717, 1.165) is 10.6 Å². The fraction of sp³-hybridized carbons (Fsp3) is 0.188. The van der Waals surface area contributed by atoms with Crippen LogP contribution in [0.2, 0.25) is 0 Å². The van der Waals surface area contributed by atoms with Gasteiger partial charge >= 0.3 is 0 Å². The van der Waals surface area contributed by atoms with Crippen molar-refractivity contribution in [3.8, 4) is 0 Å². The number of anilines is 1. The number of furan rings is 1. The summed E-state index contributed by atoms with van der Waals surface area (Å²) in [5, 5.41) is 20.7. The molecular formula is C16H15N5O2S. The molecule has 0 radical (unpaired) electrons. The van der Waals surface area contributed by atoms with E-state index in [1.807, 2.05) is 30.5 Å². The number of fused-ring (bicyclic) bond motifs is 1. The first-order valence-corrected chi connectivity index (χ1v) is 8.25. The third kappa shape index (κ3) is 2.45. The molecule has 0 aromatic carbocycles. The van der Waals surface area contributed by atoms with E-state index in [0.29, 0.717) is 17.2 Å². The number of aromatic nitrogens is 4. The molecule has 8 heteroatoms. The van der Waals surface area contributed by atoms with Crippen LogP contribution in [0.15, 0.2) is 52.9 Å². The van der Waals surface area contributed by atoms with E-state index in [1.165, 1.54) is 17.7 Å². The van der Waals surface area contributed by atoms with E-state index in [-0.39, 0.29) is 6.54 Å². The molecule has 4 rings (SSSR count). The molecule has 0 bridgehead atoms. The van der Waals surface area contributed by atoms with Crippen LogP contribution in [0.4, 0.5) is 5.82 Å². The molecular weight excluding hydrogens is 326 g/mol. The Kier molecular flexibility index (Phi) is 3.55. The lowest BCUT2D eigenvalue weighted by atomic mass is 9.94. The average Bonchev–Trinajstić information content (AvgIpc) is 3.33. The number of hydrogen-bond donors (Lipinski definition) is 2. The van der Waals surface area contributed by atoms with Gasteiger partial charge in [0.25, 0.3) is 5.78 Å². The van der Waals surface area contributed by atoms with Crippen molar-refractivity contribution >= 4 is 22.9 Å². The van der Waals surface area contributed by atoms with Gasteiger partial charge in [0.2, 0.25) is 0 Å². The second-order valence-corrected chi connectivity index (χ2v) is 6.41. The van der Waals surface area contributed by atoms with Gasteiger partial charge in [-0.05, 0) is 24.4 Å². The van der Waals surface area contributed by atoms with Crippen LogP contribution in [-0.4, -0.2) is 31.2 Å². The Morgan fingerprint density at radius 2 is 2.33 bits per heavy atom. The van der Waals surface area contributed by atoms with Crippen molar-refractivity contribution in [2.75, 3.05) is 11.9 Å². The minimum Gasteiger partial charge on any atom is -0.472 e. The SMILES string of the molecule is Cc1cc(NCC(O)(c2ccoc2)c2cccs2)n2ncnc2n1. The van der Waals surface area contributed by atoms with Gasteiger partial charge in [0.05, 0.1) is 19.1 Å². The number of aryl methyl sites for hydroxylation is 1. The fourth-order valence-corrected chi connectivity index (χ4v) is 3.47. The Labute approximate surface area is 141 Å². The molecule has 4 aromatic heterocycles. The molecule has 1 atom stereocenters. The Bertz CT molecular complexity index is 912. The molecule has 0 aliphatic heterocycles. The first kappa shape index (κ1) is 14.9. The van der Waals surface area contributed by atoms with Gasteiger partial charge < -0.3 is 14.8 Å². The van der Waals surface area contributed by atoms with Crippen molar-refractivity contribution in [3.05, 3.63) is 64.6 Å². The van der Waals surface area contributed by atoms with Crippen LogP contribution in [0, 0.1) is 6.92 Å². The maximum Gasteiger partial charge on any atom is 0.254 e. The second kappa shape index (κ2) is 5.73. The Hall–Kier alpha value is -2.71. The summed E-state index contributed by atoms with van der Waals surface area (Å²) in [6.07, 6.45) is 4.57. The summed E-state index contributed by atoms with van der Waals surface area (Å²) < 4.78 is 6.78. The van der Waals surface area contributed by atoms with Crippen LogP contribution in [-0.2, 0) is 5.60 Å². The van der Waals surface area contributed by atoms with Crippen molar-refractivity contribution in [1.82, 2.24) is 19.6 Å². The minimum absolute atomic E-state index is 0.255. The van der Waals surface area contributed by atoms with Crippen molar-refractivity contribution < 1.29 is 9.52 Å². The molecule has 0 saturated heterocycles. The average molecular weight is 341 g/mol. The predicted octanol–water partition coefficient (Wildman–Crippen LogP) is 2.44. The zero-order chi connectivity index (χ0) is 16.6. The lowest BCUT2D eigenvalue weighted by Crippen LogP contribution is -2.34. The van der Waals surface area contributed by atoms with E-state index in [1.54, 1.807) is 23.1 Å². The zero-order valence-electron chi connectivity index (χ0n) is 12.9. The summed E-state index contributed by atoms with van der Waals surface area (Å²) in [5.74, 6) is 1.23. The number of thiophene rings is 1. The van der Waals surface area contributed by atoms with Crippen LogP contribution in [0.1, 0.15) is 16.1 Å². The Morgan fingerprint density at radius 3 is 3.08 bits per heavy atom. The summed E-state index contributed by atoms with van der Waals surface area (Å²) in [4.78, 5) is 9.25. The van der Waals surface area contributed by atoms with Gasteiger partial charge in [0.15, 0.2) is 0 Å². The number of aliphatic hydroxyl groups is 1. The smallest absolute Gasteiger partial charge is 0.254 e. The maximum absolute atomic E-state index is 11.3. The van der Waals surface area contributed by atoms with Crippen molar-refractivity contribution in [2.45, 2.75) is 12.5 Å². The van der Waals surface area contributed by atoms with Gasteiger partial charge in [-0.15, -0.1) is 11.3 Å². The lowest BCUT2D eigenvalue weighted by molar-refractivity contribution is 0.0980. The molecule has 0 aliphatic carbocycles. The highest BCUT2D eigenvalue weighted by atomic mass is 32.1. The van der Waals surface area contributed by atoms with Gasteiger partial charge in [-0.2, -0.15) is 14.6 Å². The van der Waals surface area contributed by atoms with Crippen LogP contribution >= 0.6 is 11.3 Å². The Morgan fingerprint density at radius 1 is 1.42 bits per heavy atom. The first-order valence-electron chi connectivity index (χ1n) is 7.37. The molecule has 0 spiro atoms. The third-order valence-electron chi connectivity index (χ3n) is 3.83. The molecule has 4 aromatic rings. The highest BCUT2D eigenvalue weighted by Gasteiger charge is 2.34. The standard InChI is InChI=1S/C16H15N5O2S/c1-11-7-14(21-15(20-11)18-10-19-21)17-9-16(22,12-4-5-23-8-12)13-3-2-6-24-13/h2-8,10,17,22H,9H2,1H3. The molecule has 0 amide bonds. The van der Waals surface area contributed by atoms with Crippen LogP contribution in [0.5, 0.6) is 0 Å². The third-order valence-corrected chi connectivity index (χ3v) is 4.85. The van der Waals surface area contributed by atoms with E-state index < -0.39 is 5.60 Å². The molecule has 1 unspecified atom stereocenters. The van der Waals surface area contributed by atoms with Gasteiger partial charge in [-0.3, -0.25) is 0 Å². The fourth-order valence-electron chi connectivity index (χ4n) is 2.62. The number of hydrogen-bond acceptors (Lipinski definition) is 7. The highest BCUT2D eigenvalue weighted by molar-refractivity contribution is 7.10. The molecule has 0 saturated carbocycles. The van der Waals surface area contributed by atoms with E-state index in [4.69, 9.17) is 4.42 Å². The summed E-state index contributed by atoms with van der Waals surface area (Å²) in [5.41, 5.74) is 0.310.